The highest BCUT2D eigenvalue weighted by atomic mass is 19.1. The molecule has 2 amide bonds. The minimum atomic E-state index is -0.319. The Morgan fingerprint density at radius 3 is 2.79 bits per heavy atom. The molecule has 0 aliphatic carbocycles. The summed E-state index contributed by atoms with van der Waals surface area (Å²) in [6, 6.07) is 7.68. The Morgan fingerprint density at radius 1 is 1.25 bits per heavy atom. The van der Waals surface area contributed by atoms with Gasteiger partial charge in [0.1, 0.15) is 11.4 Å². The summed E-state index contributed by atoms with van der Waals surface area (Å²) in [4.78, 5) is 31.0. The molecule has 1 fully saturated rings. The smallest absolute Gasteiger partial charge is 0.256 e. The van der Waals surface area contributed by atoms with E-state index in [4.69, 9.17) is 0 Å². The van der Waals surface area contributed by atoms with E-state index in [2.05, 4.69) is 15.4 Å². The fourth-order valence-corrected chi connectivity index (χ4v) is 3.71. The number of halogens is 1. The Bertz CT molecular complexity index is 1030. The molecule has 144 valence electrons. The van der Waals surface area contributed by atoms with Crippen LogP contribution < -0.4 is 5.32 Å². The summed E-state index contributed by atoms with van der Waals surface area (Å²) in [5.74, 6) is -0.590. The SMILES string of the molecule is CNC(=O)c1cnn2c([C@H]3CCCN3C(=O)Cc3ccc(F)cc3)ccnc12. The maximum atomic E-state index is 13.1. The van der Waals surface area contributed by atoms with Crippen molar-refractivity contribution in [3.8, 4) is 0 Å². The van der Waals surface area contributed by atoms with Crippen molar-refractivity contribution in [1.82, 2.24) is 24.8 Å². The Hall–Kier alpha value is -3.29. The first-order valence-electron chi connectivity index (χ1n) is 9.17. The lowest BCUT2D eigenvalue weighted by Gasteiger charge is -2.25. The van der Waals surface area contributed by atoms with Gasteiger partial charge in [0, 0.05) is 19.8 Å². The van der Waals surface area contributed by atoms with Crippen LogP contribution in [-0.4, -0.2) is 44.9 Å². The van der Waals surface area contributed by atoms with Crippen molar-refractivity contribution in [3.63, 3.8) is 0 Å². The first-order valence-corrected chi connectivity index (χ1v) is 9.17. The Balaban J connectivity index is 1.63. The Morgan fingerprint density at radius 2 is 2.04 bits per heavy atom. The van der Waals surface area contributed by atoms with Crippen molar-refractivity contribution >= 4 is 17.5 Å². The zero-order valence-corrected chi connectivity index (χ0v) is 15.4. The van der Waals surface area contributed by atoms with Gasteiger partial charge in [-0.15, -0.1) is 0 Å². The molecule has 1 N–H and O–H groups in total. The van der Waals surface area contributed by atoms with E-state index in [1.807, 2.05) is 11.0 Å². The molecular formula is C20H20FN5O2. The average molecular weight is 381 g/mol. The van der Waals surface area contributed by atoms with E-state index in [1.54, 1.807) is 29.9 Å². The number of likely N-dealkylation sites (tertiary alicyclic amines) is 1. The summed E-state index contributed by atoms with van der Waals surface area (Å²) >= 11 is 0. The molecule has 2 aromatic heterocycles. The van der Waals surface area contributed by atoms with E-state index in [9.17, 15) is 14.0 Å². The molecule has 1 aromatic carbocycles. The molecule has 8 heteroatoms. The standard InChI is InChI=1S/C20H20FN5O2/c1-22-20(28)15-12-24-26-17(8-9-23-19(15)26)16-3-2-10-25(16)18(27)11-13-4-6-14(21)7-5-13/h4-9,12,16H,2-3,10-11H2,1H3,(H,22,28)/t16-/m1/s1. The van der Waals surface area contributed by atoms with E-state index in [0.717, 1.165) is 24.1 Å². The van der Waals surface area contributed by atoms with Crippen molar-refractivity contribution in [1.29, 1.82) is 0 Å². The van der Waals surface area contributed by atoms with Crippen molar-refractivity contribution in [2.24, 2.45) is 0 Å². The number of hydrogen-bond acceptors (Lipinski definition) is 4. The first kappa shape index (κ1) is 18.1. The van der Waals surface area contributed by atoms with Crippen molar-refractivity contribution in [2.45, 2.75) is 25.3 Å². The number of amides is 2. The van der Waals surface area contributed by atoms with E-state index in [-0.39, 0.29) is 30.1 Å². The van der Waals surface area contributed by atoms with Gasteiger partial charge in [0.05, 0.1) is 24.4 Å². The number of fused-ring (bicyclic) bond motifs is 1. The van der Waals surface area contributed by atoms with Gasteiger partial charge in [-0.2, -0.15) is 5.10 Å². The third kappa shape index (κ3) is 3.21. The van der Waals surface area contributed by atoms with Crippen molar-refractivity contribution in [2.75, 3.05) is 13.6 Å². The minimum Gasteiger partial charge on any atom is -0.355 e. The average Bonchev–Trinajstić information content (AvgIpc) is 3.36. The highest BCUT2D eigenvalue weighted by Crippen LogP contribution is 2.32. The molecule has 1 aliphatic heterocycles. The van der Waals surface area contributed by atoms with Crippen LogP contribution in [0.5, 0.6) is 0 Å². The number of carbonyl (C=O) groups is 2. The third-order valence-corrected chi connectivity index (χ3v) is 5.09. The maximum absolute atomic E-state index is 13.1. The molecule has 3 aromatic rings. The second-order valence-corrected chi connectivity index (χ2v) is 6.79. The predicted octanol–water partition coefficient (Wildman–Crippen LogP) is 2.13. The minimum absolute atomic E-state index is 0.0160. The molecule has 0 spiro atoms. The number of nitrogens with one attached hydrogen (secondary N) is 1. The normalized spacial score (nSPS) is 16.5. The van der Waals surface area contributed by atoms with E-state index in [0.29, 0.717) is 17.8 Å². The molecule has 28 heavy (non-hydrogen) atoms. The Kier molecular flexibility index (Phi) is 4.77. The molecular weight excluding hydrogens is 361 g/mol. The highest BCUT2D eigenvalue weighted by molar-refractivity contribution is 5.99. The molecule has 0 radical (unpaired) electrons. The lowest BCUT2D eigenvalue weighted by atomic mass is 10.1. The topological polar surface area (TPSA) is 79.6 Å². The van der Waals surface area contributed by atoms with Crippen LogP contribution in [0.25, 0.3) is 5.65 Å². The van der Waals surface area contributed by atoms with Crippen LogP contribution >= 0.6 is 0 Å². The summed E-state index contributed by atoms with van der Waals surface area (Å²) < 4.78 is 14.7. The highest BCUT2D eigenvalue weighted by Gasteiger charge is 2.32. The monoisotopic (exact) mass is 381 g/mol. The second kappa shape index (κ2) is 7.38. The van der Waals surface area contributed by atoms with Gasteiger partial charge >= 0.3 is 0 Å². The number of carbonyl (C=O) groups excluding carboxylic acids is 2. The first-order chi connectivity index (χ1) is 13.6. The van der Waals surface area contributed by atoms with Gasteiger partial charge in [0.15, 0.2) is 5.65 Å². The number of hydrogen-bond donors (Lipinski definition) is 1. The van der Waals surface area contributed by atoms with Gasteiger partial charge in [-0.25, -0.2) is 13.9 Å². The van der Waals surface area contributed by atoms with Gasteiger partial charge < -0.3 is 10.2 Å². The second-order valence-electron chi connectivity index (χ2n) is 6.79. The van der Waals surface area contributed by atoms with Crippen LogP contribution in [0, 0.1) is 5.82 Å². The molecule has 0 bridgehead atoms. The van der Waals surface area contributed by atoms with Crippen LogP contribution in [0.1, 0.15) is 40.5 Å². The van der Waals surface area contributed by atoms with E-state index in [1.165, 1.54) is 18.3 Å². The van der Waals surface area contributed by atoms with Crippen LogP contribution in [0.4, 0.5) is 4.39 Å². The van der Waals surface area contributed by atoms with E-state index < -0.39 is 0 Å². The molecule has 0 saturated carbocycles. The maximum Gasteiger partial charge on any atom is 0.256 e. The summed E-state index contributed by atoms with van der Waals surface area (Å²) in [5.41, 5.74) is 2.46. The number of rotatable bonds is 4. The van der Waals surface area contributed by atoms with Crippen molar-refractivity contribution in [3.05, 3.63) is 65.4 Å². The summed E-state index contributed by atoms with van der Waals surface area (Å²) in [6.45, 7) is 0.651. The zero-order valence-electron chi connectivity index (χ0n) is 15.4. The van der Waals surface area contributed by atoms with Crippen LogP contribution in [0.3, 0.4) is 0 Å². The van der Waals surface area contributed by atoms with Gasteiger partial charge in [-0.1, -0.05) is 12.1 Å². The predicted molar refractivity (Wildman–Crippen MR) is 100 cm³/mol. The molecule has 3 heterocycles. The summed E-state index contributed by atoms with van der Waals surface area (Å²) in [6.07, 6.45) is 5.04. The lowest BCUT2D eigenvalue weighted by Crippen LogP contribution is -2.32. The van der Waals surface area contributed by atoms with Crippen molar-refractivity contribution < 1.29 is 14.0 Å². The number of benzene rings is 1. The van der Waals surface area contributed by atoms with Gasteiger partial charge in [0.2, 0.25) is 5.91 Å². The third-order valence-electron chi connectivity index (χ3n) is 5.09. The van der Waals surface area contributed by atoms with Gasteiger partial charge in [-0.3, -0.25) is 9.59 Å². The molecule has 1 aliphatic rings. The summed E-state index contributed by atoms with van der Waals surface area (Å²) in [7, 11) is 1.56. The fraction of sp³-hybridized carbons (Fsp3) is 0.300. The largest absolute Gasteiger partial charge is 0.355 e. The quantitative estimate of drug-likeness (QED) is 0.751. The molecule has 1 saturated heterocycles. The zero-order chi connectivity index (χ0) is 19.7. The Labute approximate surface area is 161 Å². The fourth-order valence-electron chi connectivity index (χ4n) is 3.71. The number of nitrogens with zero attached hydrogens (tertiary/aromatic N) is 4. The van der Waals surface area contributed by atoms with E-state index >= 15 is 0 Å². The molecule has 1 atom stereocenters. The molecule has 0 unspecified atom stereocenters. The van der Waals surface area contributed by atoms with Crippen LogP contribution in [0.2, 0.25) is 0 Å². The van der Waals surface area contributed by atoms with Gasteiger partial charge in [-0.05, 0) is 36.6 Å². The summed E-state index contributed by atoms with van der Waals surface area (Å²) in [5, 5.41) is 6.92. The van der Waals surface area contributed by atoms with Crippen LogP contribution in [-0.2, 0) is 11.2 Å². The molecule has 7 nitrogen and oxygen atoms in total. The number of aromatic nitrogens is 3. The molecule has 4 rings (SSSR count). The van der Waals surface area contributed by atoms with Crippen LogP contribution in [0.15, 0.2) is 42.7 Å². The lowest BCUT2D eigenvalue weighted by molar-refractivity contribution is -0.131. The van der Waals surface area contributed by atoms with Gasteiger partial charge in [0.25, 0.3) is 5.91 Å².